The molecule has 0 bridgehead atoms. The van der Waals surface area contributed by atoms with Crippen LogP contribution in [0.3, 0.4) is 0 Å². The van der Waals surface area contributed by atoms with Crippen LogP contribution >= 0.6 is 0 Å². The molecule has 284 valence electrons. The first-order chi connectivity index (χ1) is 29.5. The van der Waals surface area contributed by atoms with Gasteiger partial charge in [0, 0.05) is 33.4 Å². The van der Waals surface area contributed by atoms with E-state index >= 15 is 0 Å². The van der Waals surface area contributed by atoms with E-state index in [0.717, 1.165) is 66.8 Å². The van der Waals surface area contributed by atoms with Crippen molar-refractivity contribution in [2.45, 2.75) is 13.8 Å². The lowest BCUT2D eigenvalue weighted by atomic mass is 9.96. The molecule has 10 aromatic rings. The average Bonchev–Trinajstić information content (AvgIpc) is 3.32. The van der Waals surface area contributed by atoms with E-state index in [4.69, 9.17) is 29.9 Å². The highest BCUT2D eigenvalue weighted by Gasteiger charge is 2.16. The summed E-state index contributed by atoms with van der Waals surface area (Å²) in [7, 11) is 0. The predicted octanol–water partition coefficient (Wildman–Crippen LogP) is 13.2. The molecular formula is C54H38N6. The first-order valence-corrected chi connectivity index (χ1v) is 20.0. The van der Waals surface area contributed by atoms with E-state index in [9.17, 15) is 0 Å². The van der Waals surface area contributed by atoms with Gasteiger partial charge in [-0.2, -0.15) is 0 Å². The van der Waals surface area contributed by atoms with Crippen molar-refractivity contribution >= 4 is 10.8 Å². The number of aryl methyl sites for hydroxylation is 2. The summed E-state index contributed by atoms with van der Waals surface area (Å²) >= 11 is 0. The van der Waals surface area contributed by atoms with Crippen LogP contribution in [0.15, 0.2) is 194 Å². The summed E-state index contributed by atoms with van der Waals surface area (Å²) in [5.74, 6) is 3.91. The monoisotopic (exact) mass is 770 g/mol. The molecule has 8 aromatic carbocycles. The Hall–Kier alpha value is -7.96. The fraction of sp³-hybridized carbons (Fsp3) is 0.0370. The van der Waals surface area contributed by atoms with E-state index in [1.165, 1.54) is 10.8 Å². The quantitative estimate of drug-likeness (QED) is 0.153. The van der Waals surface area contributed by atoms with Gasteiger partial charge < -0.3 is 0 Å². The zero-order chi connectivity index (χ0) is 40.4. The van der Waals surface area contributed by atoms with Crippen molar-refractivity contribution in [1.82, 2.24) is 29.9 Å². The van der Waals surface area contributed by atoms with Crippen molar-refractivity contribution < 1.29 is 0 Å². The Balaban J connectivity index is 0.947. The van der Waals surface area contributed by atoms with E-state index in [0.29, 0.717) is 34.9 Å². The van der Waals surface area contributed by atoms with Crippen molar-refractivity contribution in [1.29, 1.82) is 0 Å². The van der Waals surface area contributed by atoms with Crippen LogP contribution in [0.1, 0.15) is 11.1 Å². The molecule has 0 aliphatic rings. The molecule has 0 N–H and O–H groups in total. The van der Waals surface area contributed by atoms with E-state index in [1.807, 2.05) is 84.9 Å². The fourth-order valence-electron chi connectivity index (χ4n) is 7.56. The molecule has 10 rings (SSSR count). The van der Waals surface area contributed by atoms with Gasteiger partial charge in [-0.1, -0.05) is 182 Å². The molecule has 0 fully saturated rings. The fourth-order valence-corrected chi connectivity index (χ4v) is 7.56. The van der Waals surface area contributed by atoms with Gasteiger partial charge in [-0.05, 0) is 70.1 Å². The highest BCUT2D eigenvalue weighted by atomic mass is 15.0. The maximum Gasteiger partial charge on any atom is 0.164 e. The second-order valence-electron chi connectivity index (χ2n) is 14.9. The number of aromatic nitrogens is 6. The number of hydrogen-bond donors (Lipinski definition) is 0. The van der Waals surface area contributed by atoms with Crippen molar-refractivity contribution in [2.75, 3.05) is 0 Å². The van der Waals surface area contributed by atoms with Crippen molar-refractivity contribution in [3.8, 4) is 90.6 Å². The minimum atomic E-state index is 0.640. The van der Waals surface area contributed by atoms with E-state index in [-0.39, 0.29) is 0 Å². The Kier molecular flexibility index (Phi) is 9.56. The molecule has 2 aromatic heterocycles. The molecule has 0 aliphatic carbocycles. The third-order valence-electron chi connectivity index (χ3n) is 10.9. The second-order valence-corrected chi connectivity index (χ2v) is 14.9. The minimum Gasteiger partial charge on any atom is -0.208 e. The molecule has 0 amide bonds. The summed E-state index contributed by atoms with van der Waals surface area (Å²) in [6.07, 6.45) is 0. The van der Waals surface area contributed by atoms with Gasteiger partial charge in [-0.25, -0.2) is 29.9 Å². The summed E-state index contributed by atoms with van der Waals surface area (Å²) in [6.45, 7) is 4.17. The summed E-state index contributed by atoms with van der Waals surface area (Å²) in [4.78, 5) is 29.6. The molecule has 0 saturated heterocycles. The van der Waals surface area contributed by atoms with Gasteiger partial charge >= 0.3 is 0 Å². The Labute approximate surface area is 349 Å². The van der Waals surface area contributed by atoms with Crippen LogP contribution in [0.2, 0.25) is 0 Å². The van der Waals surface area contributed by atoms with Crippen molar-refractivity contribution in [2.24, 2.45) is 0 Å². The molecule has 2 heterocycles. The first-order valence-electron chi connectivity index (χ1n) is 20.0. The van der Waals surface area contributed by atoms with Gasteiger partial charge in [0.15, 0.2) is 34.9 Å². The van der Waals surface area contributed by atoms with Gasteiger partial charge in [0.2, 0.25) is 0 Å². The molecule has 0 radical (unpaired) electrons. The average molecular weight is 771 g/mol. The summed E-state index contributed by atoms with van der Waals surface area (Å²) in [6, 6.07) is 66.8. The number of rotatable bonds is 8. The number of benzene rings is 8. The molecule has 6 nitrogen and oxygen atoms in total. The highest BCUT2D eigenvalue weighted by molar-refractivity contribution is 5.91. The zero-order valence-corrected chi connectivity index (χ0v) is 33.2. The normalized spacial score (nSPS) is 11.2. The SMILES string of the molecule is Cc1ccccc1-c1nc(-c2ccccc2)nc(-c2ccc(-c3ccc4ccc(-c5ccc(-c6nc(-c7ccccc7)nc(-c7ccccc7C)n6)cc5)cc4c3)cc2)n1. The smallest absolute Gasteiger partial charge is 0.164 e. The molecule has 6 heteroatoms. The van der Waals surface area contributed by atoms with Crippen molar-refractivity contribution in [3.05, 3.63) is 205 Å². The summed E-state index contributed by atoms with van der Waals surface area (Å²) in [5.41, 5.74) is 12.5. The highest BCUT2D eigenvalue weighted by Crippen LogP contribution is 2.33. The lowest BCUT2D eigenvalue weighted by molar-refractivity contribution is 1.07. The molecule has 0 unspecified atom stereocenters. The molecule has 0 saturated carbocycles. The molecular weight excluding hydrogens is 733 g/mol. The summed E-state index contributed by atoms with van der Waals surface area (Å²) < 4.78 is 0. The lowest BCUT2D eigenvalue weighted by Crippen LogP contribution is -2.01. The van der Waals surface area contributed by atoms with Crippen LogP contribution in [-0.2, 0) is 0 Å². The summed E-state index contributed by atoms with van der Waals surface area (Å²) in [5, 5.41) is 2.35. The van der Waals surface area contributed by atoms with Gasteiger partial charge in [0.25, 0.3) is 0 Å². The van der Waals surface area contributed by atoms with Gasteiger partial charge in [0.1, 0.15) is 0 Å². The molecule has 0 aliphatic heterocycles. The van der Waals surface area contributed by atoms with Crippen LogP contribution in [-0.4, -0.2) is 29.9 Å². The van der Waals surface area contributed by atoms with Crippen LogP contribution < -0.4 is 0 Å². The number of hydrogen-bond acceptors (Lipinski definition) is 6. The van der Waals surface area contributed by atoms with Gasteiger partial charge in [-0.15, -0.1) is 0 Å². The largest absolute Gasteiger partial charge is 0.208 e. The van der Waals surface area contributed by atoms with Gasteiger partial charge in [-0.3, -0.25) is 0 Å². The van der Waals surface area contributed by atoms with Gasteiger partial charge in [0.05, 0.1) is 0 Å². The van der Waals surface area contributed by atoms with E-state index in [1.54, 1.807) is 0 Å². The van der Waals surface area contributed by atoms with Crippen molar-refractivity contribution in [3.63, 3.8) is 0 Å². The van der Waals surface area contributed by atoms with Crippen LogP contribution in [0.4, 0.5) is 0 Å². The zero-order valence-electron chi connectivity index (χ0n) is 33.2. The standard InChI is InChI=1S/C54H38N6/c1-35-13-9-11-19-47(35)53-57-49(40-15-5-3-6-16-40)55-51(59-53)42-27-21-37(22-28-42)44-31-25-39-26-32-45(34-46(39)33-44)38-23-29-43(30-24-38)52-56-50(41-17-7-4-8-18-41)58-54(60-52)48-20-12-10-14-36(48)2/h3-34H,1-2H3. The number of fused-ring (bicyclic) bond motifs is 1. The van der Waals surface area contributed by atoms with E-state index in [2.05, 4.69) is 123 Å². The van der Waals surface area contributed by atoms with Crippen LogP contribution in [0.5, 0.6) is 0 Å². The van der Waals surface area contributed by atoms with Crippen LogP contribution in [0, 0.1) is 13.8 Å². The second kappa shape index (κ2) is 15.8. The molecule has 0 atom stereocenters. The van der Waals surface area contributed by atoms with E-state index < -0.39 is 0 Å². The Morgan fingerprint density at radius 3 is 0.917 bits per heavy atom. The predicted molar refractivity (Wildman–Crippen MR) is 244 cm³/mol. The third-order valence-corrected chi connectivity index (χ3v) is 10.9. The first kappa shape index (κ1) is 36.4. The lowest BCUT2D eigenvalue weighted by Gasteiger charge is -2.11. The molecule has 60 heavy (non-hydrogen) atoms. The molecule has 0 spiro atoms. The third kappa shape index (κ3) is 7.34. The maximum absolute atomic E-state index is 4.97. The number of nitrogens with zero attached hydrogens (tertiary/aromatic N) is 6. The maximum atomic E-state index is 4.97. The minimum absolute atomic E-state index is 0.640. The Morgan fingerprint density at radius 2 is 0.533 bits per heavy atom. The Bertz CT molecular complexity index is 2930. The topological polar surface area (TPSA) is 77.3 Å². The Morgan fingerprint density at radius 1 is 0.233 bits per heavy atom. The van der Waals surface area contributed by atoms with Crippen LogP contribution in [0.25, 0.3) is 101 Å².